The second-order valence-electron chi connectivity index (χ2n) is 6.30. The minimum Gasteiger partial charge on any atom is -0.449 e. The number of carbonyl (C=O) groups excluding carboxylic acids is 2. The fraction of sp³-hybridized carbons (Fsp3) is 0.529. The maximum Gasteiger partial charge on any atom is 0.573 e. The summed E-state index contributed by atoms with van der Waals surface area (Å²) in [5, 5.41) is 0. The van der Waals surface area contributed by atoms with Gasteiger partial charge in [0.05, 0.1) is 17.1 Å². The molecule has 0 radical (unpaired) electrons. The number of halogens is 3. The largest absolute Gasteiger partial charge is 0.573 e. The van der Waals surface area contributed by atoms with Crippen LogP contribution in [-0.4, -0.2) is 61.8 Å². The predicted molar refractivity (Wildman–Crippen MR) is 92.4 cm³/mol. The summed E-state index contributed by atoms with van der Waals surface area (Å²) >= 11 is 0. The van der Waals surface area contributed by atoms with Gasteiger partial charge in [-0.15, -0.1) is 13.2 Å². The van der Waals surface area contributed by atoms with Crippen molar-refractivity contribution in [3.63, 3.8) is 0 Å². The fourth-order valence-electron chi connectivity index (χ4n) is 2.92. The number of amides is 1. The molecule has 0 aromatic heterocycles. The summed E-state index contributed by atoms with van der Waals surface area (Å²) in [5.41, 5.74) is -0.0549. The van der Waals surface area contributed by atoms with Gasteiger partial charge in [-0.3, -0.25) is 4.79 Å². The maximum atomic E-state index is 12.6. The number of nitrogens with zero attached hydrogens (tertiary/aromatic N) is 1. The zero-order valence-corrected chi connectivity index (χ0v) is 16.0. The Bertz CT molecular complexity index is 822. The number of rotatable bonds is 6. The molecule has 7 nitrogen and oxygen atoms in total. The Balaban J connectivity index is 1.99. The first-order valence-corrected chi connectivity index (χ1v) is 10.3. The maximum absolute atomic E-state index is 12.6. The lowest BCUT2D eigenvalue weighted by Gasteiger charge is -2.29. The fourth-order valence-corrected chi connectivity index (χ4v) is 4.65. The van der Waals surface area contributed by atoms with E-state index in [0.29, 0.717) is 6.42 Å². The zero-order chi connectivity index (χ0) is 21.1. The third-order valence-corrected chi connectivity index (χ3v) is 5.98. The number of alkyl halides is 3. The highest BCUT2D eigenvalue weighted by atomic mass is 32.2. The molecule has 1 amide bonds. The van der Waals surface area contributed by atoms with Crippen LogP contribution in [0.5, 0.6) is 5.75 Å². The molecule has 1 aliphatic rings. The summed E-state index contributed by atoms with van der Waals surface area (Å²) < 4.78 is 68.5. The van der Waals surface area contributed by atoms with Crippen molar-refractivity contribution in [1.29, 1.82) is 0 Å². The van der Waals surface area contributed by atoms with Crippen LogP contribution >= 0.6 is 0 Å². The lowest BCUT2D eigenvalue weighted by molar-refractivity contribution is -0.274. The van der Waals surface area contributed by atoms with Crippen LogP contribution in [0, 0.1) is 0 Å². The van der Waals surface area contributed by atoms with Gasteiger partial charge in [0.1, 0.15) is 5.75 Å². The van der Waals surface area contributed by atoms with Crippen molar-refractivity contribution in [3.8, 4) is 5.75 Å². The lowest BCUT2D eigenvalue weighted by Crippen LogP contribution is -2.46. The average molecular weight is 423 g/mol. The summed E-state index contributed by atoms with van der Waals surface area (Å²) in [7, 11) is -3.19. The zero-order valence-electron chi connectivity index (χ0n) is 15.2. The monoisotopic (exact) mass is 423 g/mol. The van der Waals surface area contributed by atoms with Crippen molar-refractivity contribution >= 4 is 21.7 Å². The predicted octanol–water partition coefficient (Wildman–Crippen LogP) is 2.17. The highest BCUT2D eigenvalue weighted by Gasteiger charge is 2.36. The molecule has 1 saturated heterocycles. The third kappa shape index (κ3) is 5.85. The van der Waals surface area contributed by atoms with Crippen LogP contribution in [0.15, 0.2) is 24.3 Å². The van der Waals surface area contributed by atoms with E-state index in [1.807, 2.05) is 0 Å². The minimum atomic E-state index is -4.85. The van der Waals surface area contributed by atoms with E-state index >= 15 is 0 Å². The van der Waals surface area contributed by atoms with Gasteiger partial charge in [-0.05, 0) is 44.5 Å². The Hall–Kier alpha value is -2.30. The Morgan fingerprint density at radius 1 is 1.25 bits per heavy atom. The van der Waals surface area contributed by atoms with Gasteiger partial charge in [-0.1, -0.05) is 0 Å². The molecule has 2 atom stereocenters. The number of likely N-dealkylation sites (N-methyl/N-ethyl adjacent to an activating group) is 1. The highest BCUT2D eigenvalue weighted by molar-refractivity contribution is 7.91. The molecule has 28 heavy (non-hydrogen) atoms. The number of benzene rings is 1. The van der Waals surface area contributed by atoms with Gasteiger partial charge < -0.3 is 14.4 Å². The number of hydrogen-bond acceptors (Lipinski definition) is 6. The average Bonchev–Trinajstić information content (AvgIpc) is 2.94. The number of carbonyl (C=O) groups is 2. The summed E-state index contributed by atoms with van der Waals surface area (Å²) in [6.45, 7) is 3.30. The summed E-state index contributed by atoms with van der Waals surface area (Å²) in [6, 6.07) is 3.61. The number of hydrogen-bond donors (Lipinski definition) is 0. The molecule has 1 fully saturated rings. The molecule has 1 aromatic rings. The van der Waals surface area contributed by atoms with Gasteiger partial charge in [0, 0.05) is 12.6 Å². The third-order valence-electron chi connectivity index (χ3n) is 4.23. The summed E-state index contributed by atoms with van der Waals surface area (Å²) in [6.07, 6.45) is -5.70. The Morgan fingerprint density at radius 2 is 1.86 bits per heavy atom. The smallest absolute Gasteiger partial charge is 0.449 e. The molecule has 0 spiro atoms. The number of esters is 1. The first-order chi connectivity index (χ1) is 12.9. The Morgan fingerprint density at radius 3 is 2.32 bits per heavy atom. The van der Waals surface area contributed by atoms with Crippen molar-refractivity contribution in [1.82, 2.24) is 4.90 Å². The van der Waals surface area contributed by atoms with Gasteiger partial charge in [0.25, 0.3) is 5.91 Å². The molecular weight excluding hydrogens is 403 g/mol. The van der Waals surface area contributed by atoms with Gasteiger partial charge >= 0.3 is 12.3 Å². The molecule has 1 aliphatic heterocycles. The van der Waals surface area contributed by atoms with Crippen LogP contribution in [0.3, 0.4) is 0 Å². The van der Waals surface area contributed by atoms with Crippen LogP contribution in [0.1, 0.15) is 30.6 Å². The van der Waals surface area contributed by atoms with E-state index in [1.54, 1.807) is 6.92 Å². The van der Waals surface area contributed by atoms with E-state index in [2.05, 4.69) is 4.74 Å². The Kier molecular flexibility index (Phi) is 6.58. The van der Waals surface area contributed by atoms with Crippen LogP contribution in [0.2, 0.25) is 0 Å². The summed E-state index contributed by atoms with van der Waals surface area (Å²) in [4.78, 5) is 26.1. The number of sulfone groups is 1. The minimum absolute atomic E-state index is 0.00195. The van der Waals surface area contributed by atoms with E-state index in [1.165, 1.54) is 11.8 Å². The molecule has 1 aromatic carbocycles. The van der Waals surface area contributed by atoms with Crippen molar-refractivity contribution in [2.45, 2.75) is 38.8 Å². The van der Waals surface area contributed by atoms with E-state index in [-0.39, 0.29) is 23.6 Å². The van der Waals surface area contributed by atoms with E-state index in [4.69, 9.17) is 4.74 Å². The molecule has 11 heteroatoms. The quantitative estimate of drug-likeness (QED) is 0.652. The van der Waals surface area contributed by atoms with E-state index in [0.717, 1.165) is 24.3 Å². The van der Waals surface area contributed by atoms with Gasteiger partial charge in [-0.2, -0.15) is 0 Å². The standard InChI is InChI=1S/C17H20F3NO6S/c1-3-21(13-8-9-28(24,25)10-13)15(22)11(2)26-16(23)12-4-6-14(7-5-12)27-17(18,19)20/h4-7,11,13H,3,8-10H2,1-2H3. The topological polar surface area (TPSA) is 90.0 Å². The molecule has 0 aliphatic carbocycles. The van der Waals surface area contributed by atoms with Crippen molar-refractivity contribution in [2.75, 3.05) is 18.1 Å². The van der Waals surface area contributed by atoms with Crippen LogP contribution in [0.4, 0.5) is 13.2 Å². The molecule has 2 rings (SSSR count). The molecule has 1 heterocycles. The summed E-state index contributed by atoms with van der Waals surface area (Å²) in [5.74, 6) is -2.05. The number of ether oxygens (including phenoxy) is 2. The second kappa shape index (κ2) is 8.38. The van der Waals surface area contributed by atoms with Gasteiger partial charge in [-0.25, -0.2) is 13.2 Å². The van der Waals surface area contributed by atoms with Crippen LogP contribution in [-0.2, 0) is 19.4 Å². The lowest BCUT2D eigenvalue weighted by atomic mass is 10.2. The first-order valence-electron chi connectivity index (χ1n) is 8.49. The van der Waals surface area contributed by atoms with Crippen molar-refractivity contribution in [3.05, 3.63) is 29.8 Å². The van der Waals surface area contributed by atoms with Gasteiger partial charge in [0.2, 0.25) is 0 Å². The molecule has 2 unspecified atom stereocenters. The second-order valence-corrected chi connectivity index (χ2v) is 8.53. The van der Waals surface area contributed by atoms with Crippen molar-refractivity contribution in [2.24, 2.45) is 0 Å². The normalized spacial score (nSPS) is 19.7. The van der Waals surface area contributed by atoms with E-state index in [9.17, 15) is 31.2 Å². The highest BCUT2D eigenvalue weighted by Crippen LogP contribution is 2.23. The molecule has 0 bridgehead atoms. The molecular formula is C17H20F3NO6S. The Labute approximate surface area is 160 Å². The SMILES string of the molecule is CCN(C(=O)C(C)OC(=O)c1ccc(OC(F)(F)F)cc1)C1CCS(=O)(=O)C1. The van der Waals surface area contributed by atoms with Crippen molar-refractivity contribution < 1.29 is 40.7 Å². The van der Waals surface area contributed by atoms with Crippen LogP contribution in [0.25, 0.3) is 0 Å². The van der Waals surface area contributed by atoms with E-state index < -0.39 is 46.0 Å². The van der Waals surface area contributed by atoms with Crippen LogP contribution < -0.4 is 4.74 Å². The molecule has 0 saturated carbocycles. The first kappa shape index (κ1) is 22.0. The van der Waals surface area contributed by atoms with Gasteiger partial charge in [0.15, 0.2) is 15.9 Å². The molecule has 0 N–H and O–H groups in total. The molecule has 156 valence electrons.